The van der Waals surface area contributed by atoms with Crippen molar-refractivity contribution in [3.63, 3.8) is 0 Å². The lowest BCUT2D eigenvalue weighted by Crippen LogP contribution is -2.26. The van der Waals surface area contributed by atoms with Crippen LogP contribution in [0.5, 0.6) is 11.5 Å². The summed E-state index contributed by atoms with van der Waals surface area (Å²) in [6.07, 6.45) is 0.0195. The Morgan fingerprint density at radius 1 is 1.06 bits per heavy atom. The highest BCUT2D eigenvalue weighted by molar-refractivity contribution is 7.92. The van der Waals surface area contributed by atoms with E-state index in [0.29, 0.717) is 35.6 Å². The van der Waals surface area contributed by atoms with E-state index >= 15 is 0 Å². The number of hydrogen-bond acceptors (Lipinski definition) is 7. The van der Waals surface area contributed by atoms with Crippen molar-refractivity contribution in [3.05, 3.63) is 77.6 Å². The standard InChI is InChI=1S/C24H25FN2O7S/c1-35(32,33)27-21-13-17(5-9-22(21)28)23(29)14-26-10-11-34-18-6-2-15(3-7-18)16-4-8-19(24(30)31)20(25)12-16/h2-9,12-13,23,26-29H,10-11,14H2,1H3,(H,30,31)/t23-/m1/s1. The Kier molecular flexibility index (Phi) is 8.28. The Labute approximate surface area is 201 Å². The molecule has 186 valence electrons. The number of carboxylic acids is 1. The van der Waals surface area contributed by atoms with Gasteiger partial charge in [-0.15, -0.1) is 0 Å². The van der Waals surface area contributed by atoms with Crippen LogP contribution in [0.2, 0.25) is 0 Å². The van der Waals surface area contributed by atoms with Crippen LogP contribution in [-0.2, 0) is 10.0 Å². The lowest BCUT2D eigenvalue weighted by molar-refractivity contribution is 0.0692. The number of aliphatic hydroxyl groups excluding tert-OH is 1. The lowest BCUT2D eigenvalue weighted by atomic mass is 10.0. The van der Waals surface area contributed by atoms with Crippen LogP contribution in [0.25, 0.3) is 11.1 Å². The number of anilines is 1. The summed E-state index contributed by atoms with van der Waals surface area (Å²) in [6, 6.07) is 15.0. The van der Waals surface area contributed by atoms with Crippen molar-refractivity contribution < 1.29 is 37.7 Å². The third kappa shape index (κ3) is 7.41. The zero-order valence-corrected chi connectivity index (χ0v) is 19.5. The van der Waals surface area contributed by atoms with Crippen LogP contribution >= 0.6 is 0 Å². The Bertz CT molecular complexity index is 1300. The van der Waals surface area contributed by atoms with E-state index in [2.05, 4.69) is 10.0 Å². The smallest absolute Gasteiger partial charge is 0.338 e. The van der Waals surface area contributed by atoms with E-state index in [1.165, 1.54) is 36.4 Å². The van der Waals surface area contributed by atoms with E-state index in [1.807, 2.05) is 0 Å². The Hall–Kier alpha value is -3.67. The number of aromatic hydroxyl groups is 1. The number of carbonyl (C=O) groups is 1. The van der Waals surface area contributed by atoms with E-state index in [9.17, 15) is 27.8 Å². The van der Waals surface area contributed by atoms with Crippen LogP contribution in [0, 0.1) is 5.82 Å². The number of rotatable bonds is 11. The minimum absolute atomic E-state index is 0.0172. The predicted molar refractivity (Wildman–Crippen MR) is 129 cm³/mol. The first-order chi connectivity index (χ1) is 16.5. The fourth-order valence-electron chi connectivity index (χ4n) is 3.25. The summed E-state index contributed by atoms with van der Waals surface area (Å²) < 4.78 is 44.5. The highest BCUT2D eigenvalue weighted by Gasteiger charge is 2.13. The quantitative estimate of drug-likeness (QED) is 0.198. The molecule has 35 heavy (non-hydrogen) atoms. The number of aliphatic hydroxyl groups is 1. The van der Waals surface area contributed by atoms with Gasteiger partial charge in [-0.25, -0.2) is 17.6 Å². The molecule has 9 nitrogen and oxygen atoms in total. The average Bonchev–Trinajstić information content (AvgIpc) is 2.79. The van der Waals surface area contributed by atoms with E-state index in [4.69, 9.17) is 9.84 Å². The van der Waals surface area contributed by atoms with Gasteiger partial charge in [-0.2, -0.15) is 0 Å². The van der Waals surface area contributed by atoms with Gasteiger partial charge in [-0.05, 0) is 53.1 Å². The molecule has 0 heterocycles. The maximum Gasteiger partial charge on any atom is 0.338 e. The van der Waals surface area contributed by atoms with Crippen LogP contribution < -0.4 is 14.8 Å². The number of nitrogens with one attached hydrogen (secondary N) is 2. The van der Waals surface area contributed by atoms with E-state index in [1.54, 1.807) is 24.3 Å². The summed E-state index contributed by atoms with van der Waals surface area (Å²) >= 11 is 0. The van der Waals surface area contributed by atoms with E-state index in [0.717, 1.165) is 6.26 Å². The van der Waals surface area contributed by atoms with Crippen molar-refractivity contribution in [1.29, 1.82) is 0 Å². The monoisotopic (exact) mass is 504 g/mol. The normalized spacial score (nSPS) is 12.2. The second kappa shape index (κ2) is 11.2. The molecule has 3 rings (SSSR count). The average molecular weight is 505 g/mol. The van der Waals surface area contributed by atoms with Gasteiger partial charge in [-0.1, -0.05) is 24.3 Å². The molecule has 0 amide bonds. The Balaban J connectivity index is 1.47. The first-order valence-electron chi connectivity index (χ1n) is 10.5. The van der Waals surface area contributed by atoms with Gasteiger partial charge in [0.1, 0.15) is 23.9 Å². The number of benzene rings is 3. The molecule has 0 radical (unpaired) electrons. The second-order valence-corrected chi connectivity index (χ2v) is 9.49. The maximum absolute atomic E-state index is 13.9. The summed E-state index contributed by atoms with van der Waals surface area (Å²) in [7, 11) is -3.58. The van der Waals surface area contributed by atoms with Crippen molar-refractivity contribution in [2.24, 2.45) is 0 Å². The molecule has 0 unspecified atom stereocenters. The molecule has 3 aromatic rings. The summed E-state index contributed by atoms with van der Waals surface area (Å²) in [5.41, 5.74) is 1.26. The molecular weight excluding hydrogens is 479 g/mol. The molecule has 3 aromatic carbocycles. The number of ether oxygens (including phenoxy) is 1. The number of sulfonamides is 1. The molecule has 11 heteroatoms. The molecule has 0 saturated heterocycles. The number of halogens is 1. The van der Waals surface area contributed by atoms with Gasteiger partial charge in [0.25, 0.3) is 0 Å². The number of aromatic carboxylic acids is 1. The topological polar surface area (TPSA) is 145 Å². The minimum Gasteiger partial charge on any atom is -0.506 e. The summed E-state index contributed by atoms with van der Waals surface area (Å²) in [5, 5.41) is 32.1. The van der Waals surface area contributed by atoms with Crippen molar-refractivity contribution in [1.82, 2.24) is 5.32 Å². The molecule has 1 atom stereocenters. The van der Waals surface area contributed by atoms with Crippen molar-refractivity contribution >= 4 is 21.7 Å². The first-order valence-corrected chi connectivity index (χ1v) is 12.4. The molecule has 0 bridgehead atoms. The van der Waals surface area contributed by atoms with Gasteiger partial charge in [0.05, 0.1) is 23.6 Å². The molecular formula is C24H25FN2O7S. The fourth-order valence-corrected chi connectivity index (χ4v) is 3.81. The summed E-state index contributed by atoms with van der Waals surface area (Å²) in [5.74, 6) is -1.80. The van der Waals surface area contributed by atoms with Crippen LogP contribution in [-0.4, -0.2) is 55.7 Å². The lowest BCUT2D eigenvalue weighted by Gasteiger charge is -2.15. The predicted octanol–water partition coefficient (Wildman–Crippen LogP) is 2.97. The van der Waals surface area contributed by atoms with Crippen LogP contribution in [0.15, 0.2) is 60.7 Å². The van der Waals surface area contributed by atoms with Crippen molar-refractivity contribution in [2.75, 3.05) is 30.7 Å². The fraction of sp³-hybridized carbons (Fsp3) is 0.208. The number of carboxylic acid groups (broad SMARTS) is 1. The Morgan fingerprint density at radius 3 is 2.37 bits per heavy atom. The number of phenols is 1. The molecule has 0 aromatic heterocycles. The van der Waals surface area contributed by atoms with Gasteiger partial charge >= 0.3 is 5.97 Å². The molecule has 5 N–H and O–H groups in total. The SMILES string of the molecule is CS(=O)(=O)Nc1cc([C@H](O)CNCCOc2ccc(-c3ccc(C(=O)O)c(F)c3)cc2)ccc1O. The second-order valence-electron chi connectivity index (χ2n) is 7.74. The largest absolute Gasteiger partial charge is 0.506 e. The third-order valence-corrected chi connectivity index (χ3v) is 5.56. The summed E-state index contributed by atoms with van der Waals surface area (Å²) in [6.45, 7) is 0.876. The van der Waals surface area contributed by atoms with Crippen LogP contribution in [0.3, 0.4) is 0 Å². The van der Waals surface area contributed by atoms with E-state index in [-0.39, 0.29) is 23.5 Å². The zero-order valence-electron chi connectivity index (χ0n) is 18.7. The van der Waals surface area contributed by atoms with Crippen LogP contribution in [0.1, 0.15) is 22.0 Å². The van der Waals surface area contributed by atoms with Crippen molar-refractivity contribution in [2.45, 2.75) is 6.10 Å². The van der Waals surface area contributed by atoms with Gasteiger partial charge < -0.3 is 25.4 Å². The van der Waals surface area contributed by atoms with E-state index < -0.39 is 27.9 Å². The van der Waals surface area contributed by atoms with Crippen molar-refractivity contribution in [3.8, 4) is 22.6 Å². The third-order valence-electron chi connectivity index (χ3n) is 4.97. The molecule has 0 aliphatic carbocycles. The molecule has 0 saturated carbocycles. The highest BCUT2D eigenvalue weighted by atomic mass is 32.2. The zero-order chi connectivity index (χ0) is 25.6. The molecule has 0 aliphatic heterocycles. The van der Waals surface area contributed by atoms with Gasteiger partial charge in [0.15, 0.2) is 0 Å². The van der Waals surface area contributed by atoms with Gasteiger partial charge in [0.2, 0.25) is 10.0 Å². The van der Waals surface area contributed by atoms with Gasteiger partial charge in [-0.3, -0.25) is 4.72 Å². The molecule has 0 spiro atoms. The molecule has 0 fully saturated rings. The maximum atomic E-state index is 13.9. The number of phenolic OH excluding ortho intramolecular Hbond substituents is 1. The Morgan fingerprint density at radius 2 is 1.74 bits per heavy atom. The highest BCUT2D eigenvalue weighted by Crippen LogP contribution is 2.28. The number of hydrogen-bond donors (Lipinski definition) is 5. The first kappa shape index (κ1) is 25.9. The summed E-state index contributed by atoms with van der Waals surface area (Å²) in [4.78, 5) is 10.9. The van der Waals surface area contributed by atoms with Gasteiger partial charge in [0, 0.05) is 13.1 Å². The molecule has 0 aliphatic rings. The van der Waals surface area contributed by atoms with Crippen LogP contribution in [0.4, 0.5) is 10.1 Å². The minimum atomic E-state index is -3.58.